The quantitative estimate of drug-likeness (QED) is 0.324. The number of nitrogens with two attached hydrogens (primary N) is 1. The van der Waals surface area contributed by atoms with Crippen LogP contribution in [0.3, 0.4) is 0 Å². The van der Waals surface area contributed by atoms with Crippen LogP contribution in [0.1, 0.15) is 5.56 Å². The minimum absolute atomic E-state index is 0.0340. The molecule has 1 aromatic carbocycles. The van der Waals surface area contributed by atoms with Crippen molar-refractivity contribution in [3.63, 3.8) is 0 Å². The molecule has 0 spiro atoms. The van der Waals surface area contributed by atoms with Gasteiger partial charge in [0.05, 0.1) is 6.20 Å². The fourth-order valence-electron chi connectivity index (χ4n) is 1.63. The Labute approximate surface area is 115 Å². The van der Waals surface area contributed by atoms with Gasteiger partial charge in [-0.2, -0.15) is 13.5 Å². The molecule has 1 aromatic heterocycles. The number of aromatic nitrogens is 2. The smallest absolute Gasteiger partial charge is 0.279 e. The molecule has 106 valence electrons. The highest BCUT2D eigenvalue weighted by Crippen LogP contribution is 2.16. The van der Waals surface area contributed by atoms with Crippen molar-refractivity contribution in [3.05, 3.63) is 42.1 Å². The van der Waals surface area contributed by atoms with Crippen LogP contribution in [0.4, 0.5) is 5.69 Å². The first kappa shape index (κ1) is 13.9. The summed E-state index contributed by atoms with van der Waals surface area (Å²) in [6, 6.07) is 7.59. The van der Waals surface area contributed by atoms with Crippen LogP contribution in [-0.4, -0.2) is 29.2 Å². The lowest BCUT2D eigenvalue weighted by Gasteiger charge is -2.09. The summed E-state index contributed by atoms with van der Waals surface area (Å²) >= 11 is 0. The van der Waals surface area contributed by atoms with E-state index in [9.17, 15) is 8.42 Å². The Hall–Kier alpha value is -2.55. The molecule has 4 N–H and O–H groups in total. The zero-order valence-corrected chi connectivity index (χ0v) is 11.4. The monoisotopic (exact) mass is 295 g/mol. The number of amidine groups is 1. The Bertz CT molecular complexity index is 751. The molecule has 8 nitrogen and oxygen atoms in total. The summed E-state index contributed by atoms with van der Waals surface area (Å²) in [6.07, 6.45) is 1.39. The molecule has 2 rings (SSSR count). The highest BCUT2D eigenvalue weighted by molar-refractivity contribution is 7.92. The topological polar surface area (TPSA) is 123 Å². The number of sulfonamides is 1. The summed E-state index contributed by atoms with van der Waals surface area (Å²) in [5.41, 5.74) is 6.16. The summed E-state index contributed by atoms with van der Waals surface area (Å²) in [5.74, 6) is -0.105. The van der Waals surface area contributed by atoms with Gasteiger partial charge in [0, 0.05) is 18.3 Å². The standard InChI is InChI=1S/C11H13N5O3S/c1-16-10(5-6-13-16)20(18,19)15-9-4-2-3-8(7-9)11(12)14-17/h2-7,15,17H,1H3,(H2,12,14). The molecule has 0 saturated heterocycles. The number of benzene rings is 1. The van der Waals surface area contributed by atoms with Crippen molar-refractivity contribution in [1.29, 1.82) is 0 Å². The normalized spacial score (nSPS) is 12.3. The van der Waals surface area contributed by atoms with Crippen LogP contribution in [-0.2, 0) is 17.1 Å². The Balaban J connectivity index is 2.33. The molecule has 0 fully saturated rings. The molecule has 0 aliphatic rings. The molecule has 0 aliphatic heterocycles. The van der Waals surface area contributed by atoms with Gasteiger partial charge in [-0.3, -0.25) is 9.40 Å². The largest absolute Gasteiger partial charge is 0.409 e. The number of nitrogens with one attached hydrogen (secondary N) is 1. The summed E-state index contributed by atoms with van der Waals surface area (Å²) in [7, 11) is -2.21. The van der Waals surface area contributed by atoms with Gasteiger partial charge in [-0.1, -0.05) is 17.3 Å². The van der Waals surface area contributed by atoms with E-state index in [-0.39, 0.29) is 10.9 Å². The van der Waals surface area contributed by atoms with Crippen LogP contribution in [0.25, 0.3) is 0 Å². The third-order valence-electron chi connectivity index (χ3n) is 2.57. The van der Waals surface area contributed by atoms with Crippen LogP contribution in [0.15, 0.2) is 46.7 Å². The van der Waals surface area contributed by atoms with E-state index in [1.807, 2.05) is 0 Å². The molecule has 2 aromatic rings. The SMILES string of the molecule is Cn1nccc1S(=O)(=O)Nc1cccc(/C(N)=N/O)c1. The maximum atomic E-state index is 12.2. The molecular formula is C11H13N5O3S. The Morgan fingerprint density at radius 1 is 1.45 bits per heavy atom. The van der Waals surface area contributed by atoms with Crippen molar-refractivity contribution in [2.45, 2.75) is 5.03 Å². The molecule has 20 heavy (non-hydrogen) atoms. The van der Waals surface area contributed by atoms with E-state index in [2.05, 4.69) is 15.0 Å². The van der Waals surface area contributed by atoms with Crippen LogP contribution >= 0.6 is 0 Å². The average Bonchev–Trinajstić information content (AvgIpc) is 2.85. The second-order valence-electron chi connectivity index (χ2n) is 3.96. The molecule has 0 bridgehead atoms. The number of nitrogens with zero attached hydrogens (tertiary/aromatic N) is 3. The van der Waals surface area contributed by atoms with Crippen LogP contribution in [0.2, 0.25) is 0 Å². The van der Waals surface area contributed by atoms with E-state index in [1.54, 1.807) is 18.2 Å². The minimum Gasteiger partial charge on any atom is -0.409 e. The first-order valence-corrected chi connectivity index (χ1v) is 7.01. The zero-order chi connectivity index (χ0) is 14.8. The molecule has 0 atom stereocenters. The number of hydrogen-bond acceptors (Lipinski definition) is 5. The van der Waals surface area contributed by atoms with E-state index in [0.717, 1.165) is 0 Å². The maximum absolute atomic E-state index is 12.2. The molecule has 0 unspecified atom stereocenters. The lowest BCUT2D eigenvalue weighted by atomic mass is 10.2. The van der Waals surface area contributed by atoms with E-state index in [4.69, 9.17) is 10.9 Å². The second kappa shape index (κ2) is 5.21. The molecule has 0 radical (unpaired) electrons. The van der Waals surface area contributed by atoms with Crippen LogP contribution in [0, 0.1) is 0 Å². The van der Waals surface area contributed by atoms with E-state index >= 15 is 0 Å². The fraction of sp³-hybridized carbons (Fsp3) is 0.0909. The van der Waals surface area contributed by atoms with Gasteiger partial charge in [0.15, 0.2) is 10.9 Å². The summed E-state index contributed by atoms with van der Waals surface area (Å²) in [6.45, 7) is 0. The van der Waals surface area contributed by atoms with E-state index < -0.39 is 10.0 Å². The molecule has 0 amide bonds. The van der Waals surface area contributed by atoms with Crippen LogP contribution < -0.4 is 10.5 Å². The number of aryl methyl sites for hydroxylation is 1. The summed E-state index contributed by atoms with van der Waals surface area (Å²) in [5, 5.41) is 15.3. The van der Waals surface area contributed by atoms with Crippen LogP contribution in [0.5, 0.6) is 0 Å². The fourth-order valence-corrected chi connectivity index (χ4v) is 2.81. The first-order valence-electron chi connectivity index (χ1n) is 5.53. The third kappa shape index (κ3) is 2.72. The number of oxime groups is 1. The predicted molar refractivity (Wildman–Crippen MR) is 73.0 cm³/mol. The van der Waals surface area contributed by atoms with Crippen molar-refractivity contribution in [3.8, 4) is 0 Å². The molecule has 9 heteroatoms. The van der Waals surface area contributed by atoms with Gasteiger partial charge in [0.25, 0.3) is 10.0 Å². The van der Waals surface area contributed by atoms with E-state index in [0.29, 0.717) is 11.3 Å². The lowest BCUT2D eigenvalue weighted by molar-refractivity contribution is 0.318. The molecule has 0 saturated carbocycles. The second-order valence-corrected chi connectivity index (χ2v) is 5.59. The van der Waals surface area contributed by atoms with Gasteiger partial charge in [-0.05, 0) is 18.2 Å². The Morgan fingerprint density at radius 2 is 2.20 bits per heavy atom. The summed E-state index contributed by atoms with van der Waals surface area (Å²) in [4.78, 5) is 0. The highest BCUT2D eigenvalue weighted by atomic mass is 32.2. The van der Waals surface area contributed by atoms with Crippen molar-refractivity contribution in [1.82, 2.24) is 9.78 Å². The first-order chi connectivity index (χ1) is 9.44. The Kier molecular flexibility index (Phi) is 3.61. The van der Waals surface area contributed by atoms with Crippen molar-refractivity contribution >= 4 is 21.5 Å². The molecular weight excluding hydrogens is 282 g/mol. The third-order valence-corrected chi connectivity index (χ3v) is 4.02. The van der Waals surface area contributed by atoms with Gasteiger partial charge < -0.3 is 10.9 Å². The number of rotatable bonds is 4. The minimum atomic E-state index is -3.74. The van der Waals surface area contributed by atoms with Gasteiger partial charge in [0.1, 0.15) is 0 Å². The van der Waals surface area contributed by atoms with E-state index in [1.165, 1.54) is 30.1 Å². The Morgan fingerprint density at radius 3 is 2.80 bits per heavy atom. The average molecular weight is 295 g/mol. The van der Waals surface area contributed by atoms with Gasteiger partial charge >= 0.3 is 0 Å². The maximum Gasteiger partial charge on any atom is 0.279 e. The molecule has 1 heterocycles. The van der Waals surface area contributed by atoms with Gasteiger partial charge in [-0.25, -0.2) is 0 Å². The lowest BCUT2D eigenvalue weighted by Crippen LogP contribution is -2.18. The molecule has 0 aliphatic carbocycles. The zero-order valence-electron chi connectivity index (χ0n) is 10.6. The summed E-state index contributed by atoms with van der Waals surface area (Å²) < 4.78 is 27.9. The highest BCUT2D eigenvalue weighted by Gasteiger charge is 2.18. The van der Waals surface area contributed by atoms with Gasteiger partial charge in [-0.15, -0.1) is 0 Å². The predicted octanol–water partition coefficient (Wildman–Crippen LogP) is 0.315. The van der Waals surface area contributed by atoms with Crippen molar-refractivity contribution < 1.29 is 13.6 Å². The van der Waals surface area contributed by atoms with Crippen molar-refractivity contribution in [2.24, 2.45) is 17.9 Å². The van der Waals surface area contributed by atoms with Gasteiger partial charge in [0.2, 0.25) is 0 Å². The number of hydrogen-bond donors (Lipinski definition) is 3. The van der Waals surface area contributed by atoms with Crippen molar-refractivity contribution in [2.75, 3.05) is 4.72 Å². The number of anilines is 1.